The minimum atomic E-state index is -1.04. The van der Waals surface area contributed by atoms with Gasteiger partial charge < -0.3 is 16.2 Å². The van der Waals surface area contributed by atoms with E-state index in [0.717, 1.165) is 11.1 Å². The van der Waals surface area contributed by atoms with E-state index >= 15 is 0 Å². The number of aliphatic hydroxyl groups excluding tert-OH is 1. The molecular formula is C23H30BrFN2O2S. The third-order valence-electron chi connectivity index (χ3n) is 5.66. The number of nitrogen functional groups attached to an aromatic ring is 1. The van der Waals surface area contributed by atoms with E-state index in [0.29, 0.717) is 28.9 Å². The maximum atomic E-state index is 14.0. The number of benzene rings is 2. The van der Waals surface area contributed by atoms with Gasteiger partial charge in [0.2, 0.25) is 0 Å². The molecule has 2 aromatic carbocycles. The molecular weight excluding hydrogens is 467 g/mol. The summed E-state index contributed by atoms with van der Waals surface area (Å²) in [7, 11) is -1.04. The highest BCUT2D eigenvalue weighted by Gasteiger charge is 2.35. The third kappa shape index (κ3) is 5.69. The van der Waals surface area contributed by atoms with Crippen molar-refractivity contribution in [3.05, 3.63) is 63.4 Å². The summed E-state index contributed by atoms with van der Waals surface area (Å²) in [5.74, 6) is 0.117. The summed E-state index contributed by atoms with van der Waals surface area (Å²) < 4.78 is 26.9. The molecule has 7 heteroatoms. The molecule has 1 fully saturated rings. The maximum Gasteiger partial charge on any atom is 0.147 e. The summed E-state index contributed by atoms with van der Waals surface area (Å²) in [6.45, 7) is 7.13. The van der Waals surface area contributed by atoms with Gasteiger partial charge >= 0.3 is 0 Å². The van der Waals surface area contributed by atoms with Gasteiger partial charge in [-0.2, -0.15) is 0 Å². The highest BCUT2D eigenvalue weighted by atomic mass is 79.9. The van der Waals surface area contributed by atoms with Crippen LogP contribution in [0, 0.1) is 11.7 Å². The van der Waals surface area contributed by atoms with Crippen molar-refractivity contribution in [2.75, 3.05) is 17.2 Å². The quantitative estimate of drug-likeness (QED) is 0.548. The Morgan fingerprint density at radius 2 is 1.97 bits per heavy atom. The molecule has 4 N–H and O–H groups in total. The molecule has 0 aliphatic carbocycles. The van der Waals surface area contributed by atoms with E-state index in [1.54, 1.807) is 6.07 Å². The highest BCUT2D eigenvalue weighted by Crippen LogP contribution is 2.28. The fourth-order valence-electron chi connectivity index (χ4n) is 3.85. The molecule has 1 aliphatic heterocycles. The zero-order valence-electron chi connectivity index (χ0n) is 17.6. The number of hydrogen-bond donors (Lipinski definition) is 3. The predicted molar refractivity (Wildman–Crippen MR) is 125 cm³/mol. The van der Waals surface area contributed by atoms with Gasteiger partial charge in [-0.1, -0.05) is 45.0 Å². The van der Waals surface area contributed by atoms with Gasteiger partial charge in [-0.05, 0) is 56.6 Å². The number of nitrogens with two attached hydrogens (primary N) is 1. The van der Waals surface area contributed by atoms with Gasteiger partial charge in [0.05, 0.1) is 11.8 Å². The second-order valence-electron chi connectivity index (χ2n) is 9.14. The summed E-state index contributed by atoms with van der Waals surface area (Å²) >= 11 is 3.27. The molecule has 0 saturated carbocycles. The summed E-state index contributed by atoms with van der Waals surface area (Å²) in [4.78, 5) is 0. The number of hydrogen-bond acceptors (Lipinski definition) is 4. The number of halogens is 2. The molecule has 4 nitrogen and oxygen atoms in total. The molecule has 164 valence electrons. The number of nitrogens with one attached hydrogen (secondary N) is 1. The van der Waals surface area contributed by atoms with Crippen molar-refractivity contribution in [1.82, 2.24) is 5.32 Å². The van der Waals surface area contributed by atoms with Crippen molar-refractivity contribution in [2.24, 2.45) is 5.92 Å². The van der Waals surface area contributed by atoms with Crippen LogP contribution in [0.15, 0.2) is 40.9 Å². The molecule has 1 aliphatic rings. The van der Waals surface area contributed by atoms with Gasteiger partial charge in [0.15, 0.2) is 0 Å². The minimum Gasteiger partial charge on any atom is -0.395 e. The first-order valence-electron chi connectivity index (χ1n) is 10.1. The normalized spacial score (nSPS) is 24.7. The van der Waals surface area contributed by atoms with E-state index in [1.165, 1.54) is 11.6 Å². The van der Waals surface area contributed by atoms with Crippen molar-refractivity contribution < 1.29 is 13.7 Å². The van der Waals surface area contributed by atoms with Crippen LogP contribution < -0.4 is 11.1 Å². The van der Waals surface area contributed by atoms with Crippen LogP contribution >= 0.6 is 15.9 Å². The van der Waals surface area contributed by atoms with Crippen LogP contribution in [0.25, 0.3) is 0 Å². The monoisotopic (exact) mass is 496 g/mol. The van der Waals surface area contributed by atoms with Crippen LogP contribution in [-0.4, -0.2) is 33.0 Å². The van der Waals surface area contributed by atoms with Crippen LogP contribution in [-0.2, 0) is 29.2 Å². The van der Waals surface area contributed by atoms with Crippen molar-refractivity contribution in [3.63, 3.8) is 0 Å². The lowest BCUT2D eigenvalue weighted by Crippen LogP contribution is -2.53. The number of anilines is 1. The van der Waals surface area contributed by atoms with E-state index < -0.39 is 22.7 Å². The lowest BCUT2D eigenvalue weighted by atomic mass is 9.86. The standard InChI is InChI=1S/C23H30BrFN2O2S/c1-23(2,3)17-6-4-5-14(8-17)11-27-20-13-30(29)12-16(22(20)28)7-15-9-18(24)21(26)19(25)10-15/h4-6,8-10,16,20,22,27-28H,7,11-13,26H2,1-3H3/t16-,20+,22+,30?/m1/s1. The molecule has 0 aromatic heterocycles. The molecule has 0 radical (unpaired) electrons. The summed E-state index contributed by atoms with van der Waals surface area (Å²) in [5.41, 5.74) is 8.91. The van der Waals surface area contributed by atoms with Crippen molar-refractivity contribution in [1.29, 1.82) is 0 Å². The first-order valence-corrected chi connectivity index (χ1v) is 12.4. The van der Waals surface area contributed by atoms with E-state index in [-0.39, 0.29) is 23.1 Å². The second kappa shape index (κ2) is 9.47. The largest absolute Gasteiger partial charge is 0.395 e. The summed E-state index contributed by atoms with van der Waals surface area (Å²) in [6, 6.07) is 11.3. The Kier molecular flexibility index (Phi) is 7.38. The fourth-order valence-corrected chi connectivity index (χ4v) is 5.97. The van der Waals surface area contributed by atoms with Crippen LogP contribution in [0.2, 0.25) is 0 Å². The molecule has 30 heavy (non-hydrogen) atoms. The number of aliphatic hydroxyl groups is 1. The third-order valence-corrected chi connectivity index (χ3v) is 7.85. The molecule has 0 amide bonds. The lowest BCUT2D eigenvalue weighted by Gasteiger charge is -2.35. The van der Waals surface area contributed by atoms with E-state index in [9.17, 15) is 13.7 Å². The van der Waals surface area contributed by atoms with E-state index in [4.69, 9.17) is 5.73 Å². The van der Waals surface area contributed by atoms with Crippen LogP contribution in [0.5, 0.6) is 0 Å². The Bertz CT molecular complexity index is 909. The van der Waals surface area contributed by atoms with Crippen LogP contribution in [0.4, 0.5) is 10.1 Å². The Morgan fingerprint density at radius 3 is 2.63 bits per heavy atom. The van der Waals surface area contributed by atoms with E-state index in [1.807, 2.05) is 6.07 Å². The summed E-state index contributed by atoms with van der Waals surface area (Å²) in [6.07, 6.45) is -0.215. The predicted octanol–water partition coefficient (Wildman–Crippen LogP) is 3.91. The SMILES string of the molecule is CC(C)(C)c1cccc(CN[C@H]2CS(=O)C[C@@H](Cc3cc(F)c(N)c(Br)c3)[C@@H]2O)c1. The second-order valence-corrected chi connectivity index (χ2v) is 11.5. The zero-order chi connectivity index (χ0) is 22.1. The van der Waals surface area contributed by atoms with Crippen molar-refractivity contribution >= 4 is 32.4 Å². The average Bonchev–Trinajstić information content (AvgIpc) is 2.67. The average molecular weight is 497 g/mol. The Balaban J connectivity index is 1.69. The molecule has 4 atom stereocenters. The molecule has 0 spiro atoms. The van der Waals surface area contributed by atoms with Gasteiger partial charge in [0.25, 0.3) is 0 Å². The Hall–Kier alpha value is -1.28. The highest BCUT2D eigenvalue weighted by molar-refractivity contribution is 9.10. The molecule has 0 bridgehead atoms. The van der Waals surface area contributed by atoms with Gasteiger partial charge in [0.1, 0.15) is 5.82 Å². The fraction of sp³-hybridized carbons (Fsp3) is 0.478. The Labute approximate surface area is 189 Å². The topological polar surface area (TPSA) is 75.4 Å². The van der Waals surface area contributed by atoms with Crippen molar-refractivity contribution in [3.8, 4) is 0 Å². The van der Waals surface area contributed by atoms with E-state index in [2.05, 4.69) is 60.2 Å². The van der Waals surface area contributed by atoms with Crippen molar-refractivity contribution in [2.45, 2.75) is 51.3 Å². The summed E-state index contributed by atoms with van der Waals surface area (Å²) in [5, 5.41) is 14.3. The molecule has 1 unspecified atom stereocenters. The number of rotatable bonds is 5. The molecule has 3 rings (SSSR count). The lowest BCUT2D eigenvalue weighted by molar-refractivity contribution is 0.0795. The van der Waals surface area contributed by atoms with Gasteiger partial charge in [-0.3, -0.25) is 4.21 Å². The first kappa shape index (κ1) is 23.4. The van der Waals surface area contributed by atoms with Crippen LogP contribution in [0.3, 0.4) is 0 Å². The van der Waals surface area contributed by atoms with Crippen LogP contribution in [0.1, 0.15) is 37.5 Å². The van der Waals surface area contributed by atoms with Gasteiger partial charge in [-0.25, -0.2) is 4.39 Å². The van der Waals surface area contributed by atoms with Gasteiger partial charge in [-0.15, -0.1) is 0 Å². The molecule has 1 saturated heterocycles. The first-order chi connectivity index (χ1) is 14.0. The molecule has 1 heterocycles. The zero-order valence-corrected chi connectivity index (χ0v) is 20.0. The van der Waals surface area contributed by atoms with Gasteiger partial charge in [0, 0.05) is 45.3 Å². The maximum absolute atomic E-state index is 14.0. The minimum absolute atomic E-state index is 0.0651. The molecule has 2 aromatic rings. The smallest absolute Gasteiger partial charge is 0.147 e. The Morgan fingerprint density at radius 1 is 1.23 bits per heavy atom.